The van der Waals surface area contributed by atoms with E-state index in [9.17, 15) is 4.79 Å². The van der Waals surface area contributed by atoms with Gasteiger partial charge in [0.2, 0.25) is 11.8 Å². The highest BCUT2D eigenvalue weighted by Crippen LogP contribution is 2.26. The molecule has 0 radical (unpaired) electrons. The van der Waals surface area contributed by atoms with E-state index < -0.39 is 0 Å². The number of carbonyl (C=O) groups excluding carboxylic acids is 1. The Hall–Kier alpha value is -2.95. The number of hydrogen-bond donors (Lipinski definition) is 1. The quantitative estimate of drug-likeness (QED) is 0.773. The summed E-state index contributed by atoms with van der Waals surface area (Å²) in [6.07, 6.45) is 4.35. The lowest BCUT2D eigenvalue weighted by atomic mass is 10.1. The molecule has 0 saturated carbocycles. The summed E-state index contributed by atoms with van der Waals surface area (Å²) >= 11 is 0. The number of anilines is 1. The molecule has 122 valence electrons. The van der Waals surface area contributed by atoms with Gasteiger partial charge in [-0.15, -0.1) is 0 Å². The first-order chi connectivity index (χ1) is 11.6. The predicted octanol–water partition coefficient (Wildman–Crippen LogP) is 3.92. The number of hydrogen-bond acceptors (Lipinski definition) is 4. The van der Waals surface area contributed by atoms with E-state index in [-0.39, 0.29) is 5.91 Å². The topological polar surface area (TPSA) is 68.0 Å². The summed E-state index contributed by atoms with van der Waals surface area (Å²) in [7, 11) is 0. The number of carbonyl (C=O) groups is 1. The number of oxazole rings is 1. The van der Waals surface area contributed by atoms with Gasteiger partial charge in [0.25, 0.3) is 0 Å². The second-order valence-electron chi connectivity index (χ2n) is 5.69. The summed E-state index contributed by atoms with van der Waals surface area (Å²) < 4.78 is 5.46. The molecule has 1 amide bonds. The molecule has 0 atom stereocenters. The second-order valence-corrected chi connectivity index (χ2v) is 5.69. The summed E-state index contributed by atoms with van der Waals surface area (Å²) in [5.41, 5.74) is 4.40. The van der Waals surface area contributed by atoms with Gasteiger partial charge in [-0.3, -0.25) is 9.78 Å². The van der Waals surface area contributed by atoms with E-state index in [2.05, 4.69) is 15.3 Å². The van der Waals surface area contributed by atoms with E-state index in [0.29, 0.717) is 18.7 Å². The highest BCUT2D eigenvalue weighted by Gasteiger charge is 2.10. The van der Waals surface area contributed by atoms with Gasteiger partial charge in [-0.2, -0.15) is 0 Å². The van der Waals surface area contributed by atoms with E-state index in [1.807, 2.05) is 50.2 Å². The third-order valence-corrected chi connectivity index (χ3v) is 3.71. The van der Waals surface area contributed by atoms with Gasteiger partial charge in [-0.1, -0.05) is 12.1 Å². The van der Waals surface area contributed by atoms with Crippen LogP contribution < -0.4 is 5.32 Å². The van der Waals surface area contributed by atoms with Crippen LogP contribution in [0.4, 0.5) is 5.69 Å². The number of nitrogens with zero attached hydrogens (tertiary/aromatic N) is 2. The van der Waals surface area contributed by atoms with Crippen LogP contribution in [0.15, 0.2) is 53.3 Å². The Morgan fingerprint density at radius 1 is 1.21 bits per heavy atom. The largest absolute Gasteiger partial charge is 0.444 e. The molecule has 0 aliphatic heterocycles. The van der Waals surface area contributed by atoms with Crippen molar-refractivity contribution in [2.45, 2.75) is 26.7 Å². The van der Waals surface area contributed by atoms with Gasteiger partial charge in [0.1, 0.15) is 6.26 Å². The SMILES string of the molecule is Cc1coc(-c2cc(NC(=O)CCc3ccccn3)ccc2C)n1. The van der Waals surface area contributed by atoms with Crippen molar-refractivity contribution in [2.24, 2.45) is 0 Å². The van der Waals surface area contributed by atoms with Gasteiger partial charge in [0, 0.05) is 29.6 Å². The number of nitrogens with one attached hydrogen (secondary N) is 1. The Bertz CT molecular complexity index is 841. The fourth-order valence-electron chi connectivity index (χ4n) is 2.42. The molecular formula is C19H19N3O2. The highest BCUT2D eigenvalue weighted by molar-refractivity contribution is 5.91. The van der Waals surface area contributed by atoms with E-state index in [4.69, 9.17) is 4.42 Å². The van der Waals surface area contributed by atoms with E-state index in [0.717, 1.165) is 28.2 Å². The Morgan fingerprint density at radius 3 is 2.79 bits per heavy atom. The lowest BCUT2D eigenvalue weighted by Crippen LogP contribution is -2.12. The molecule has 5 heteroatoms. The third-order valence-electron chi connectivity index (χ3n) is 3.71. The molecule has 2 aromatic heterocycles. The number of aryl methyl sites for hydroxylation is 3. The van der Waals surface area contributed by atoms with Crippen LogP contribution >= 0.6 is 0 Å². The Morgan fingerprint density at radius 2 is 2.08 bits per heavy atom. The fourth-order valence-corrected chi connectivity index (χ4v) is 2.42. The first-order valence-electron chi connectivity index (χ1n) is 7.85. The average Bonchev–Trinajstić information content (AvgIpc) is 3.02. The lowest BCUT2D eigenvalue weighted by molar-refractivity contribution is -0.116. The molecule has 1 N–H and O–H groups in total. The molecule has 2 heterocycles. The van der Waals surface area contributed by atoms with Crippen LogP contribution in [0.5, 0.6) is 0 Å². The Balaban J connectivity index is 1.68. The molecule has 0 fully saturated rings. The lowest BCUT2D eigenvalue weighted by Gasteiger charge is -2.08. The summed E-state index contributed by atoms with van der Waals surface area (Å²) in [6.45, 7) is 3.87. The van der Waals surface area contributed by atoms with Crippen molar-refractivity contribution < 1.29 is 9.21 Å². The first-order valence-corrected chi connectivity index (χ1v) is 7.85. The minimum atomic E-state index is -0.0426. The molecule has 0 saturated heterocycles. The van der Waals surface area contributed by atoms with Gasteiger partial charge < -0.3 is 9.73 Å². The Labute approximate surface area is 140 Å². The zero-order valence-corrected chi connectivity index (χ0v) is 13.7. The van der Waals surface area contributed by atoms with E-state index >= 15 is 0 Å². The standard InChI is InChI=1S/C19H19N3O2/c1-13-6-7-16(11-17(13)19-21-14(2)12-24-19)22-18(23)9-8-15-5-3-4-10-20-15/h3-7,10-12H,8-9H2,1-2H3,(H,22,23). The zero-order chi connectivity index (χ0) is 16.9. The van der Waals surface area contributed by atoms with Crippen molar-refractivity contribution in [3.8, 4) is 11.5 Å². The summed E-state index contributed by atoms with van der Waals surface area (Å²) in [4.78, 5) is 20.7. The molecule has 24 heavy (non-hydrogen) atoms. The summed E-state index contributed by atoms with van der Waals surface area (Å²) in [5, 5.41) is 2.92. The average molecular weight is 321 g/mol. The third kappa shape index (κ3) is 3.87. The van der Waals surface area contributed by atoms with Gasteiger partial charge in [0.05, 0.1) is 5.69 Å². The zero-order valence-electron chi connectivity index (χ0n) is 13.7. The van der Waals surface area contributed by atoms with Gasteiger partial charge >= 0.3 is 0 Å². The maximum atomic E-state index is 12.1. The van der Waals surface area contributed by atoms with Crippen LogP contribution in [0.25, 0.3) is 11.5 Å². The first kappa shape index (κ1) is 15.9. The molecule has 3 rings (SSSR count). The number of aromatic nitrogens is 2. The van der Waals surface area contributed by atoms with Crippen molar-refractivity contribution >= 4 is 11.6 Å². The van der Waals surface area contributed by atoms with E-state index in [1.165, 1.54) is 0 Å². The van der Waals surface area contributed by atoms with E-state index in [1.54, 1.807) is 12.5 Å². The molecule has 0 bridgehead atoms. The number of amides is 1. The summed E-state index contributed by atoms with van der Waals surface area (Å²) in [5.74, 6) is 0.522. The Kier molecular flexibility index (Phi) is 4.70. The minimum absolute atomic E-state index is 0.0426. The number of rotatable bonds is 5. The molecule has 1 aromatic carbocycles. The van der Waals surface area contributed by atoms with Crippen molar-refractivity contribution in [1.82, 2.24) is 9.97 Å². The van der Waals surface area contributed by atoms with Gasteiger partial charge in [-0.05, 0) is 50.1 Å². The molecule has 5 nitrogen and oxygen atoms in total. The van der Waals surface area contributed by atoms with Crippen LogP contribution in [0, 0.1) is 13.8 Å². The van der Waals surface area contributed by atoms with Crippen molar-refractivity contribution in [2.75, 3.05) is 5.32 Å². The van der Waals surface area contributed by atoms with Crippen LogP contribution in [0.2, 0.25) is 0 Å². The second kappa shape index (κ2) is 7.08. The molecule has 0 aliphatic rings. The molecule has 0 aliphatic carbocycles. The van der Waals surface area contributed by atoms with Gasteiger partial charge in [0.15, 0.2) is 0 Å². The van der Waals surface area contributed by atoms with Crippen LogP contribution in [-0.4, -0.2) is 15.9 Å². The predicted molar refractivity (Wildman–Crippen MR) is 92.6 cm³/mol. The molecular weight excluding hydrogens is 302 g/mol. The maximum absolute atomic E-state index is 12.1. The van der Waals surface area contributed by atoms with Crippen molar-refractivity contribution in [1.29, 1.82) is 0 Å². The molecule has 0 spiro atoms. The van der Waals surface area contributed by atoms with Gasteiger partial charge in [-0.25, -0.2) is 4.98 Å². The number of benzene rings is 1. The monoisotopic (exact) mass is 321 g/mol. The van der Waals surface area contributed by atoms with Crippen LogP contribution in [0.1, 0.15) is 23.4 Å². The number of pyridine rings is 1. The highest BCUT2D eigenvalue weighted by atomic mass is 16.3. The van der Waals surface area contributed by atoms with Crippen molar-refractivity contribution in [3.63, 3.8) is 0 Å². The van der Waals surface area contributed by atoms with Crippen LogP contribution in [0.3, 0.4) is 0 Å². The smallest absolute Gasteiger partial charge is 0.226 e. The molecule has 3 aromatic rings. The van der Waals surface area contributed by atoms with Crippen molar-refractivity contribution in [3.05, 3.63) is 65.8 Å². The fraction of sp³-hybridized carbons (Fsp3) is 0.211. The molecule has 0 unspecified atom stereocenters. The van der Waals surface area contributed by atoms with Crippen LogP contribution in [-0.2, 0) is 11.2 Å². The normalized spacial score (nSPS) is 10.6. The maximum Gasteiger partial charge on any atom is 0.226 e. The minimum Gasteiger partial charge on any atom is -0.444 e. The summed E-state index contributed by atoms with van der Waals surface area (Å²) in [6, 6.07) is 11.4.